The lowest BCUT2D eigenvalue weighted by molar-refractivity contribution is 0.418. The van der Waals surface area contributed by atoms with Crippen LogP contribution in [0.4, 0.5) is 0 Å². The molecule has 2 N–H and O–H groups in total. The maximum Gasteiger partial charge on any atom is 0.266 e. The van der Waals surface area contributed by atoms with Gasteiger partial charge >= 0.3 is 0 Å². The third-order valence-electron chi connectivity index (χ3n) is 3.82. The molecule has 0 spiro atoms. The minimum absolute atomic E-state index is 0.126. The summed E-state index contributed by atoms with van der Waals surface area (Å²) in [5.74, 6) is 1.19. The van der Waals surface area contributed by atoms with E-state index in [0.717, 1.165) is 11.3 Å². The Morgan fingerprint density at radius 3 is 2.58 bits per heavy atom. The molecular weight excluding hydrogens is 322 g/mol. The molecule has 0 atom stereocenters. The summed E-state index contributed by atoms with van der Waals surface area (Å²) in [5.41, 5.74) is 7.77. The van der Waals surface area contributed by atoms with E-state index >= 15 is 0 Å². The highest BCUT2D eigenvalue weighted by atomic mass is 32.1. The van der Waals surface area contributed by atoms with Crippen LogP contribution >= 0.6 is 12.2 Å². The lowest BCUT2D eigenvalue weighted by Gasteiger charge is -2.13. The van der Waals surface area contributed by atoms with Crippen LogP contribution in [0.15, 0.2) is 47.3 Å². The summed E-state index contributed by atoms with van der Waals surface area (Å²) < 4.78 is 6.89. The Morgan fingerprint density at radius 1 is 1.25 bits per heavy atom. The summed E-state index contributed by atoms with van der Waals surface area (Å²) in [6.07, 6.45) is 0.538. The van der Waals surface area contributed by atoms with E-state index in [1.807, 2.05) is 24.3 Å². The van der Waals surface area contributed by atoms with Crippen LogP contribution in [0.25, 0.3) is 16.6 Å². The molecule has 3 aromatic rings. The highest BCUT2D eigenvalue weighted by Crippen LogP contribution is 2.22. The number of thiocarbonyl (C=S) groups is 1. The second kappa shape index (κ2) is 6.41. The van der Waals surface area contributed by atoms with Gasteiger partial charge in [-0.25, -0.2) is 4.98 Å². The predicted octanol–water partition coefficient (Wildman–Crippen LogP) is 2.53. The third-order valence-corrected chi connectivity index (χ3v) is 3.97. The van der Waals surface area contributed by atoms with Crippen LogP contribution in [0.1, 0.15) is 11.4 Å². The first-order valence-electron chi connectivity index (χ1n) is 7.45. The number of fused-ring (bicyclic) bond motifs is 1. The quantitative estimate of drug-likeness (QED) is 0.740. The Hall–Kier alpha value is -2.73. The molecule has 0 aliphatic carbocycles. The summed E-state index contributed by atoms with van der Waals surface area (Å²) in [5, 5.41) is 0.521. The highest BCUT2D eigenvalue weighted by Gasteiger charge is 2.12. The third kappa shape index (κ3) is 2.88. The van der Waals surface area contributed by atoms with Crippen molar-refractivity contribution in [2.45, 2.75) is 13.3 Å². The molecule has 122 valence electrons. The molecular formula is C18H17N3O2S. The second-order valence-electron chi connectivity index (χ2n) is 5.47. The number of ether oxygens (including phenoxy) is 1. The van der Waals surface area contributed by atoms with Gasteiger partial charge in [-0.2, -0.15) is 0 Å². The lowest BCUT2D eigenvalue weighted by Crippen LogP contribution is -2.22. The van der Waals surface area contributed by atoms with Crippen LogP contribution in [-0.4, -0.2) is 21.6 Å². The fraction of sp³-hybridized carbons (Fsp3) is 0.167. The predicted molar refractivity (Wildman–Crippen MR) is 99.1 cm³/mol. The molecule has 0 fully saturated rings. The van der Waals surface area contributed by atoms with Gasteiger partial charge in [-0.3, -0.25) is 9.36 Å². The summed E-state index contributed by atoms with van der Waals surface area (Å²) >= 11 is 4.92. The number of methoxy groups -OCH3 is 1. The molecule has 2 aromatic carbocycles. The normalized spacial score (nSPS) is 10.8. The van der Waals surface area contributed by atoms with Gasteiger partial charge in [0, 0.05) is 6.42 Å². The van der Waals surface area contributed by atoms with Crippen molar-refractivity contribution in [3.63, 3.8) is 0 Å². The molecule has 0 aliphatic rings. The minimum Gasteiger partial charge on any atom is -0.494 e. The highest BCUT2D eigenvalue weighted by molar-refractivity contribution is 7.80. The number of nitrogens with zero attached hydrogens (tertiary/aromatic N) is 2. The maximum absolute atomic E-state index is 12.9. The Kier molecular flexibility index (Phi) is 4.31. The first kappa shape index (κ1) is 16.1. The van der Waals surface area contributed by atoms with Crippen molar-refractivity contribution in [1.29, 1.82) is 0 Å². The van der Waals surface area contributed by atoms with Gasteiger partial charge in [0.2, 0.25) is 0 Å². The number of rotatable bonds is 4. The zero-order chi connectivity index (χ0) is 17.3. The van der Waals surface area contributed by atoms with E-state index in [0.29, 0.717) is 33.9 Å². The van der Waals surface area contributed by atoms with Crippen LogP contribution in [0, 0.1) is 6.92 Å². The molecule has 5 nitrogen and oxygen atoms in total. The van der Waals surface area contributed by atoms with Crippen LogP contribution in [0.2, 0.25) is 0 Å². The molecule has 0 radical (unpaired) electrons. The summed E-state index contributed by atoms with van der Waals surface area (Å²) in [7, 11) is 1.57. The maximum atomic E-state index is 12.9. The molecule has 0 unspecified atom stereocenters. The molecule has 0 saturated heterocycles. The topological polar surface area (TPSA) is 70.1 Å². The number of hydrogen-bond acceptors (Lipinski definition) is 4. The van der Waals surface area contributed by atoms with Crippen molar-refractivity contribution in [3.05, 3.63) is 64.2 Å². The Morgan fingerprint density at radius 2 is 1.96 bits per heavy atom. The van der Waals surface area contributed by atoms with Gasteiger partial charge in [-0.15, -0.1) is 0 Å². The molecule has 1 heterocycles. The van der Waals surface area contributed by atoms with E-state index < -0.39 is 0 Å². The van der Waals surface area contributed by atoms with Crippen LogP contribution in [0.3, 0.4) is 0 Å². The first-order chi connectivity index (χ1) is 11.5. The van der Waals surface area contributed by atoms with Crippen molar-refractivity contribution in [1.82, 2.24) is 9.55 Å². The first-order valence-corrected chi connectivity index (χ1v) is 7.86. The Labute approximate surface area is 144 Å². The van der Waals surface area contributed by atoms with Crippen LogP contribution < -0.4 is 16.0 Å². The molecule has 0 saturated carbocycles. The Balaban J connectivity index is 2.16. The SMILES string of the molecule is COc1cccc2c(=O)n(-c3ccc(CC(N)=S)cc3)c(C)nc12. The number of aryl methyl sites for hydroxylation is 1. The van der Waals surface area contributed by atoms with E-state index in [1.54, 1.807) is 36.8 Å². The molecule has 1 aromatic heterocycles. The van der Waals surface area contributed by atoms with E-state index in [-0.39, 0.29) is 5.56 Å². The van der Waals surface area contributed by atoms with Crippen LogP contribution in [-0.2, 0) is 6.42 Å². The van der Waals surface area contributed by atoms with Crippen molar-refractivity contribution >= 4 is 28.1 Å². The second-order valence-corrected chi connectivity index (χ2v) is 5.99. The zero-order valence-electron chi connectivity index (χ0n) is 13.4. The van der Waals surface area contributed by atoms with Gasteiger partial charge in [0.25, 0.3) is 5.56 Å². The van der Waals surface area contributed by atoms with Crippen molar-refractivity contribution < 1.29 is 4.74 Å². The number of nitrogens with two attached hydrogens (primary N) is 1. The molecule has 0 bridgehead atoms. The Bertz CT molecular complexity index is 978. The summed E-state index contributed by atoms with van der Waals surface area (Å²) in [6.45, 7) is 1.80. The van der Waals surface area contributed by atoms with Crippen molar-refractivity contribution in [2.75, 3.05) is 7.11 Å². The van der Waals surface area contributed by atoms with Crippen molar-refractivity contribution in [2.24, 2.45) is 5.73 Å². The van der Waals surface area contributed by atoms with E-state index in [2.05, 4.69) is 4.98 Å². The van der Waals surface area contributed by atoms with E-state index in [9.17, 15) is 4.79 Å². The lowest BCUT2D eigenvalue weighted by atomic mass is 10.1. The monoisotopic (exact) mass is 339 g/mol. The number of para-hydroxylation sites is 1. The molecule has 6 heteroatoms. The van der Waals surface area contributed by atoms with Crippen molar-refractivity contribution in [3.8, 4) is 11.4 Å². The molecule has 0 amide bonds. The van der Waals surface area contributed by atoms with E-state index in [4.69, 9.17) is 22.7 Å². The number of aromatic nitrogens is 2. The fourth-order valence-corrected chi connectivity index (χ4v) is 2.89. The van der Waals surface area contributed by atoms with Gasteiger partial charge in [-0.05, 0) is 36.8 Å². The zero-order valence-corrected chi connectivity index (χ0v) is 14.3. The number of hydrogen-bond donors (Lipinski definition) is 1. The van der Waals surface area contributed by atoms with Gasteiger partial charge in [-0.1, -0.05) is 30.4 Å². The van der Waals surface area contributed by atoms with Gasteiger partial charge in [0.15, 0.2) is 0 Å². The molecule has 24 heavy (non-hydrogen) atoms. The smallest absolute Gasteiger partial charge is 0.266 e. The average Bonchev–Trinajstić information content (AvgIpc) is 2.55. The van der Waals surface area contributed by atoms with Gasteiger partial charge < -0.3 is 10.5 Å². The van der Waals surface area contributed by atoms with Gasteiger partial charge in [0.1, 0.15) is 17.1 Å². The van der Waals surface area contributed by atoms with Crippen LogP contribution in [0.5, 0.6) is 5.75 Å². The summed E-state index contributed by atoms with van der Waals surface area (Å²) in [6, 6.07) is 12.9. The molecule has 3 rings (SSSR count). The van der Waals surface area contributed by atoms with Gasteiger partial charge in [0.05, 0.1) is 23.2 Å². The largest absolute Gasteiger partial charge is 0.494 e. The standard InChI is InChI=1S/C18H17N3O2S/c1-11-20-17-14(4-3-5-15(17)23-2)18(22)21(11)13-8-6-12(7-9-13)10-16(19)24/h3-9H,10H2,1-2H3,(H2,19,24). The summed E-state index contributed by atoms with van der Waals surface area (Å²) in [4.78, 5) is 17.9. The molecule has 0 aliphatic heterocycles. The fourth-order valence-electron chi connectivity index (χ4n) is 2.72. The average molecular weight is 339 g/mol. The van der Waals surface area contributed by atoms with E-state index in [1.165, 1.54) is 0 Å². The minimum atomic E-state index is -0.126. The number of benzene rings is 2.